The van der Waals surface area contributed by atoms with E-state index in [0.717, 1.165) is 12.1 Å². The van der Waals surface area contributed by atoms with Gasteiger partial charge in [-0.15, -0.1) is 0 Å². The van der Waals surface area contributed by atoms with Crippen LogP contribution in [0.2, 0.25) is 5.02 Å². The maximum atomic E-state index is 11.5. The van der Waals surface area contributed by atoms with Crippen LogP contribution in [0.5, 0.6) is 0 Å². The van der Waals surface area contributed by atoms with Gasteiger partial charge in [-0.25, -0.2) is 0 Å². The van der Waals surface area contributed by atoms with Gasteiger partial charge < -0.3 is 4.84 Å². The van der Waals surface area contributed by atoms with Crippen LogP contribution in [0.15, 0.2) is 23.4 Å². The van der Waals surface area contributed by atoms with Gasteiger partial charge in [0.05, 0.1) is 5.71 Å². The molecule has 0 unspecified atom stereocenters. The number of oxime groups is 1. The SMILES string of the molecule is CCC(C)=NOCc1c(Cl)cccc1C(=O)NCl. The Morgan fingerprint density at radius 2 is 2.22 bits per heavy atom. The van der Waals surface area contributed by atoms with E-state index in [4.69, 9.17) is 28.2 Å². The molecule has 0 aliphatic heterocycles. The minimum absolute atomic E-state index is 0.122. The van der Waals surface area contributed by atoms with Crippen molar-refractivity contribution in [2.45, 2.75) is 26.9 Å². The number of nitrogens with zero attached hydrogens (tertiary/aromatic N) is 1. The molecule has 0 spiro atoms. The highest BCUT2D eigenvalue weighted by Gasteiger charge is 2.13. The number of halogens is 2. The molecular formula is C12H14Cl2N2O2. The van der Waals surface area contributed by atoms with Crippen LogP contribution in [0.4, 0.5) is 0 Å². The van der Waals surface area contributed by atoms with Crippen molar-refractivity contribution in [1.29, 1.82) is 0 Å². The minimum Gasteiger partial charge on any atom is -0.391 e. The summed E-state index contributed by atoms with van der Waals surface area (Å²) < 4.78 is 0. The topological polar surface area (TPSA) is 50.7 Å². The molecule has 1 rings (SSSR count). The summed E-state index contributed by atoms with van der Waals surface area (Å²) in [6.07, 6.45) is 0.803. The van der Waals surface area contributed by atoms with Crippen molar-refractivity contribution in [2.24, 2.45) is 5.16 Å². The summed E-state index contributed by atoms with van der Waals surface area (Å²) in [7, 11) is 0. The molecule has 4 nitrogen and oxygen atoms in total. The van der Waals surface area contributed by atoms with Crippen LogP contribution in [0, 0.1) is 0 Å². The van der Waals surface area contributed by atoms with Gasteiger partial charge in [0.1, 0.15) is 6.61 Å². The molecule has 0 bridgehead atoms. The van der Waals surface area contributed by atoms with E-state index < -0.39 is 5.91 Å². The zero-order chi connectivity index (χ0) is 13.5. The fraction of sp³-hybridized carbons (Fsp3) is 0.333. The van der Waals surface area contributed by atoms with Gasteiger partial charge in [-0.2, -0.15) is 0 Å². The number of benzene rings is 1. The Kier molecular flexibility index (Phi) is 5.95. The summed E-state index contributed by atoms with van der Waals surface area (Å²) in [5.41, 5.74) is 1.80. The molecule has 0 saturated carbocycles. The van der Waals surface area contributed by atoms with E-state index in [1.807, 2.05) is 18.7 Å². The lowest BCUT2D eigenvalue weighted by Gasteiger charge is -2.08. The summed E-state index contributed by atoms with van der Waals surface area (Å²) in [4.78, 5) is 18.8. The van der Waals surface area contributed by atoms with Crippen molar-refractivity contribution in [3.63, 3.8) is 0 Å². The Morgan fingerprint density at radius 1 is 1.50 bits per heavy atom. The lowest BCUT2D eigenvalue weighted by molar-refractivity contribution is 0.0970. The second-order valence-electron chi connectivity index (χ2n) is 3.64. The Morgan fingerprint density at radius 3 is 2.83 bits per heavy atom. The van der Waals surface area contributed by atoms with Crippen molar-refractivity contribution in [3.8, 4) is 0 Å². The highest BCUT2D eigenvalue weighted by atomic mass is 35.5. The monoisotopic (exact) mass is 288 g/mol. The fourth-order valence-electron chi connectivity index (χ4n) is 1.24. The molecule has 0 saturated heterocycles. The van der Waals surface area contributed by atoms with Crippen LogP contribution in [0.25, 0.3) is 0 Å². The third kappa shape index (κ3) is 3.89. The van der Waals surface area contributed by atoms with E-state index in [9.17, 15) is 4.79 Å². The molecule has 18 heavy (non-hydrogen) atoms. The van der Waals surface area contributed by atoms with Crippen LogP contribution < -0.4 is 4.84 Å². The van der Waals surface area contributed by atoms with E-state index in [-0.39, 0.29) is 6.61 Å². The van der Waals surface area contributed by atoms with Crippen molar-refractivity contribution in [1.82, 2.24) is 4.84 Å². The lowest BCUT2D eigenvalue weighted by Crippen LogP contribution is -2.15. The number of carbonyl (C=O) groups excluding carboxylic acids is 1. The summed E-state index contributed by atoms with van der Waals surface area (Å²) >= 11 is 11.3. The fourth-order valence-corrected chi connectivity index (χ4v) is 1.57. The smallest absolute Gasteiger partial charge is 0.266 e. The zero-order valence-electron chi connectivity index (χ0n) is 10.2. The van der Waals surface area contributed by atoms with Gasteiger partial charge in [-0.1, -0.05) is 29.7 Å². The normalized spacial score (nSPS) is 11.2. The predicted octanol–water partition coefficient (Wildman–Crippen LogP) is 3.53. The van der Waals surface area contributed by atoms with E-state index in [2.05, 4.69) is 5.16 Å². The average Bonchev–Trinajstić information content (AvgIpc) is 2.39. The molecular weight excluding hydrogens is 275 g/mol. The standard InChI is InChI=1S/C12H14Cl2N2O2/c1-3-8(2)16-18-7-10-9(12(17)15-14)5-4-6-11(10)13/h4-6H,3,7H2,1-2H3,(H,15,17). The van der Waals surface area contributed by atoms with Gasteiger partial charge in [-0.05, 0) is 25.5 Å². The molecule has 0 aliphatic carbocycles. The zero-order valence-corrected chi connectivity index (χ0v) is 11.7. The summed E-state index contributed by atoms with van der Waals surface area (Å²) in [5.74, 6) is -0.422. The molecule has 0 aromatic heterocycles. The van der Waals surface area contributed by atoms with Crippen molar-refractivity contribution < 1.29 is 9.63 Å². The molecule has 98 valence electrons. The van der Waals surface area contributed by atoms with E-state index >= 15 is 0 Å². The summed E-state index contributed by atoms with van der Waals surface area (Å²) in [5, 5.41) is 4.34. The van der Waals surface area contributed by atoms with Crippen molar-refractivity contribution >= 4 is 35.0 Å². The first-order chi connectivity index (χ1) is 8.60. The molecule has 1 amide bonds. The van der Waals surface area contributed by atoms with Gasteiger partial charge in [0.15, 0.2) is 0 Å². The lowest BCUT2D eigenvalue weighted by atomic mass is 10.1. The molecule has 1 aromatic carbocycles. The maximum Gasteiger partial charge on any atom is 0.266 e. The van der Waals surface area contributed by atoms with Crippen molar-refractivity contribution in [2.75, 3.05) is 0 Å². The number of rotatable bonds is 5. The Labute approximate surface area is 116 Å². The highest BCUT2D eigenvalue weighted by Crippen LogP contribution is 2.21. The second kappa shape index (κ2) is 7.24. The van der Waals surface area contributed by atoms with Crippen LogP contribution in [-0.2, 0) is 11.4 Å². The molecule has 0 radical (unpaired) electrons. The highest BCUT2D eigenvalue weighted by molar-refractivity contribution is 6.32. The van der Waals surface area contributed by atoms with E-state index in [1.54, 1.807) is 18.2 Å². The second-order valence-corrected chi connectivity index (χ2v) is 4.24. The number of hydrogen-bond donors (Lipinski definition) is 1. The van der Waals surface area contributed by atoms with Gasteiger partial charge in [0.25, 0.3) is 5.91 Å². The first kappa shape index (κ1) is 14.8. The van der Waals surface area contributed by atoms with Gasteiger partial charge in [0, 0.05) is 27.9 Å². The molecule has 0 heterocycles. The molecule has 0 fully saturated rings. The maximum absolute atomic E-state index is 11.5. The van der Waals surface area contributed by atoms with Gasteiger partial charge in [0.2, 0.25) is 0 Å². The van der Waals surface area contributed by atoms with Gasteiger partial charge in [-0.3, -0.25) is 9.63 Å². The van der Waals surface area contributed by atoms with Gasteiger partial charge >= 0.3 is 0 Å². The quantitative estimate of drug-likeness (QED) is 0.512. The third-order valence-corrected chi connectivity index (χ3v) is 2.92. The Balaban J connectivity index is 2.90. The van der Waals surface area contributed by atoms with Crippen molar-refractivity contribution in [3.05, 3.63) is 34.3 Å². The number of amides is 1. The average molecular weight is 289 g/mol. The van der Waals surface area contributed by atoms with E-state index in [0.29, 0.717) is 16.1 Å². The first-order valence-corrected chi connectivity index (χ1v) is 6.19. The molecule has 1 N–H and O–H groups in total. The predicted molar refractivity (Wildman–Crippen MR) is 73.0 cm³/mol. The number of carbonyl (C=O) groups is 1. The van der Waals surface area contributed by atoms with E-state index in [1.165, 1.54) is 0 Å². The first-order valence-electron chi connectivity index (χ1n) is 5.44. The number of nitrogens with one attached hydrogen (secondary N) is 1. The van der Waals surface area contributed by atoms with Crippen LogP contribution >= 0.6 is 23.4 Å². The van der Waals surface area contributed by atoms with Crippen LogP contribution in [0.3, 0.4) is 0 Å². The summed E-state index contributed by atoms with van der Waals surface area (Å²) in [6, 6.07) is 4.98. The molecule has 0 aliphatic rings. The number of hydrogen-bond acceptors (Lipinski definition) is 3. The molecule has 0 atom stereocenters. The Hall–Kier alpha value is -1.26. The summed E-state index contributed by atoms with van der Waals surface area (Å²) in [6.45, 7) is 3.96. The third-order valence-electron chi connectivity index (χ3n) is 2.39. The Bertz CT molecular complexity index is 461. The largest absolute Gasteiger partial charge is 0.391 e. The van der Waals surface area contributed by atoms with Crippen LogP contribution in [-0.4, -0.2) is 11.6 Å². The minimum atomic E-state index is -0.422. The van der Waals surface area contributed by atoms with Crippen LogP contribution in [0.1, 0.15) is 36.2 Å². The molecule has 1 aromatic rings. The molecule has 6 heteroatoms.